The second-order valence-corrected chi connectivity index (χ2v) is 7.89. The minimum Gasteiger partial charge on any atom is -0.478 e. The number of carboxylic acid groups (broad SMARTS) is 1. The number of benzene rings is 1. The van der Waals surface area contributed by atoms with Crippen molar-refractivity contribution in [2.45, 2.75) is 18.3 Å². The summed E-state index contributed by atoms with van der Waals surface area (Å²) in [7, 11) is 1.44. The third-order valence-electron chi connectivity index (χ3n) is 4.70. The number of carbonyl (C=O) groups is 5. The SMILES string of the molecule is COCC1=C(C(=O)OCOC(C)=O)N2C(=O)C(NC(=O)c3ccccc3C(=O)O)[C@@H]2SC1. The van der Waals surface area contributed by atoms with Crippen LogP contribution in [0.25, 0.3) is 0 Å². The molecule has 2 aliphatic heterocycles. The second kappa shape index (κ2) is 9.83. The highest BCUT2D eigenvalue weighted by Crippen LogP contribution is 2.40. The summed E-state index contributed by atoms with van der Waals surface area (Å²) in [4.78, 5) is 61.5. The van der Waals surface area contributed by atoms with Crippen LogP contribution >= 0.6 is 11.8 Å². The first-order valence-electron chi connectivity index (χ1n) is 9.35. The number of hydrogen-bond acceptors (Lipinski definition) is 9. The van der Waals surface area contributed by atoms with Gasteiger partial charge in [-0.05, 0) is 17.7 Å². The van der Waals surface area contributed by atoms with E-state index in [1.807, 2.05) is 0 Å². The van der Waals surface area contributed by atoms with Crippen molar-refractivity contribution < 1.29 is 43.3 Å². The lowest BCUT2D eigenvalue weighted by Crippen LogP contribution is -2.70. The summed E-state index contributed by atoms with van der Waals surface area (Å²) >= 11 is 1.31. The summed E-state index contributed by atoms with van der Waals surface area (Å²) in [6.45, 7) is 0.625. The third kappa shape index (κ3) is 4.60. The van der Waals surface area contributed by atoms with Crippen molar-refractivity contribution in [1.82, 2.24) is 10.2 Å². The molecule has 0 radical (unpaired) electrons. The van der Waals surface area contributed by atoms with Gasteiger partial charge >= 0.3 is 17.9 Å². The molecule has 11 nitrogen and oxygen atoms in total. The molecule has 2 atom stereocenters. The van der Waals surface area contributed by atoms with Gasteiger partial charge in [-0.1, -0.05) is 12.1 Å². The number of carbonyl (C=O) groups excluding carboxylic acids is 4. The standard InChI is InChI=1S/C20H20N2O9S/c1-10(23)30-9-31-20(28)15-11(7-29-2)8-32-18-14(17(25)22(15)18)21-16(24)12-5-3-4-6-13(12)19(26)27/h3-6,14,18H,7-9H2,1-2H3,(H,21,24)(H,26,27)/t14?,18-/m0/s1. The molecule has 1 aromatic rings. The van der Waals surface area contributed by atoms with Gasteiger partial charge in [0.2, 0.25) is 6.79 Å². The van der Waals surface area contributed by atoms with Gasteiger partial charge in [0.1, 0.15) is 17.1 Å². The molecule has 0 bridgehead atoms. The van der Waals surface area contributed by atoms with Gasteiger partial charge in [0.15, 0.2) is 0 Å². The fourth-order valence-corrected chi connectivity index (χ4v) is 4.61. The van der Waals surface area contributed by atoms with Crippen LogP contribution in [0.2, 0.25) is 0 Å². The Kier molecular flexibility index (Phi) is 7.15. The fourth-order valence-electron chi connectivity index (χ4n) is 3.28. The molecule has 0 spiro atoms. The number of amides is 2. The minimum atomic E-state index is -1.27. The van der Waals surface area contributed by atoms with Gasteiger partial charge in [0, 0.05) is 19.8 Å². The highest BCUT2D eigenvalue weighted by Gasteiger charge is 2.54. The molecule has 1 aromatic carbocycles. The van der Waals surface area contributed by atoms with E-state index in [4.69, 9.17) is 9.47 Å². The van der Waals surface area contributed by atoms with E-state index in [-0.39, 0.29) is 23.4 Å². The molecule has 32 heavy (non-hydrogen) atoms. The Morgan fingerprint density at radius 3 is 2.50 bits per heavy atom. The summed E-state index contributed by atoms with van der Waals surface area (Å²) in [5.41, 5.74) is 0.214. The average Bonchev–Trinajstić information content (AvgIpc) is 2.76. The van der Waals surface area contributed by atoms with Crippen molar-refractivity contribution in [3.63, 3.8) is 0 Å². The molecule has 2 N–H and O–H groups in total. The number of aromatic carboxylic acids is 1. The summed E-state index contributed by atoms with van der Waals surface area (Å²) in [6.07, 6.45) is 0. The fraction of sp³-hybridized carbons (Fsp3) is 0.350. The zero-order chi connectivity index (χ0) is 23.4. The molecule has 3 rings (SSSR count). The first-order valence-corrected chi connectivity index (χ1v) is 10.4. The van der Waals surface area contributed by atoms with Crippen LogP contribution in [0.4, 0.5) is 0 Å². The van der Waals surface area contributed by atoms with Gasteiger partial charge in [-0.2, -0.15) is 0 Å². The number of thioether (sulfide) groups is 1. The summed E-state index contributed by atoms with van der Waals surface area (Å²) < 4.78 is 14.7. The van der Waals surface area contributed by atoms with Crippen molar-refractivity contribution >= 4 is 41.5 Å². The van der Waals surface area contributed by atoms with E-state index in [1.165, 1.54) is 48.0 Å². The van der Waals surface area contributed by atoms with Gasteiger partial charge in [-0.3, -0.25) is 19.3 Å². The number of fused-ring (bicyclic) bond motifs is 1. The Morgan fingerprint density at radius 1 is 1.19 bits per heavy atom. The quantitative estimate of drug-likeness (QED) is 0.314. The van der Waals surface area contributed by atoms with E-state index in [2.05, 4.69) is 10.1 Å². The lowest BCUT2D eigenvalue weighted by atomic mass is 10.0. The molecular weight excluding hydrogens is 444 g/mol. The lowest BCUT2D eigenvalue weighted by molar-refractivity contribution is -0.166. The number of hydrogen-bond donors (Lipinski definition) is 2. The van der Waals surface area contributed by atoms with E-state index < -0.39 is 47.9 Å². The van der Waals surface area contributed by atoms with E-state index in [0.717, 1.165) is 6.92 Å². The van der Waals surface area contributed by atoms with E-state index >= 15 is 0 Å². The van der Waals surface area contributed by atoms with Crippen LogP contribution in [-0.4, -0.2) is 77.4 Å². The molecule has 170 valence electrons. The number of esters is 2. The normalized spacial score (nSPS) is 19.6. The van der Waals surface area contributed by atoms with Crippen LogP contribution in [0.15, 0.2) is 35.5 Å². The molecular formula is C20H20N2O9S. The maximum atomic E-state index is 12.8. The molecule has 1 saturated heterocycles. The first kappa shape index (κ1) is 23.3. The molecule has 0 saturated carbocycles. The van der Waals surface area contributed by atoms with Crippen LogP contribution in [0.1, 0.15) is 27.6 Å². The van der Waals surface area contributed by atoms with Gasteiger partial charge in [0.05, 0.1) is 17.7 Å². The lowest BCUT2D eigenvalue weighted by Gasteiger charge is -2.49. The largest absolute Gasteiger partial charge is 0.478 e. The highest BCUT2D eigenvalue weighted by atomic mass is 32.2. The van der Waals surface area contributed by atoms with Crippen molar-refractivity contribution in [2.75, 3.05) is 26.3 Å². The Hall–Kier alpha value is -3.38. The highest BCUT2D eigenvalue weighted by molar-refractivity contribution is 8.00. The summed E-state index contributed by atoms with van der Waals surface area (Å²) in [5.74, 6) is -3.71. The van der Waals surface area contributed by atoms with E-state index in [0.29, 0.717) is 11.3 Å². The summed E-state index contributed by atoms with van der Waals surface area (Å²) in [5, 5.41) is 11.2. The Labute approximate surface area is 186 Å². The predicted molar refractivity (Wildman–Crippen MR) is 109 cm³/mol. The Bertz CT molecular complexity index is 1010. The number of nitrogens with zero attached hydrogens (tertiary/aromatic N) is 1. The number of nitrogens with one attached hydrogen (secondary N) is 1. The van der Waals surface area contributed by atoms with Crippen LogP contribution < -0.4 is 5.32 Å². The van der Waals surface area contributed by atoms with Gasteiger partial charge in [-0.15, -0.1) is 11.8 Å². The number of carboxylic acids is 1. The second-order valence-electron chi connectivity index (χ2n) is 6.78. The predicted octanol–water partition coefficient (Wildman–Crippen LogP) is 0.363. The van der Waals surface area contributed by atoms with Crippen LogP contribution in [-0.2, 0) is 28.6 Å². The molecule has 2 heterocycles. The molecule has 1 unspecified atom stereocenters. The van der Waals surface area contributed by atoms with Crippen LogP contribution in [0, 0.1) is 0 Å². The van der Waals surface area contributed by atoms with Gasteiger partial charge in [-0.25, -0.2) is 9.59 Å². The first-order chi connectivity index (χ1) is 15.3. The van der Waals surface area contributed by atoms with Crippen LogP contribution in [0.3, 0.4) is 0 Å². The Morgan fingerprint density at radius 2 is 1.88 bits per heavy atom. The zero-order valence-electron chi connectivity index (χ0n) is 17.2. The number of ether oxygens (including phenoxy) is 3. The molecule has 0 aromatic heterocycles. The van der Waals surface area contributed by atoms with E-state index in [1.54, 1.807) is 0 Å². The monoisotopic (exact) mass is 464 g/mol. The topological polar surface area (TPSA) is 149 Å². The number of methoxy groups -OCH3 is 1. The molecule has 12 heteroatoms. The van der Waals surface area contributed by atoms with Crippen molar-refractivity contribution in [3.8, 4) is 0 Å². The maximum Gasteiger partial charge on any atom is 0.358 e. The smallest absolute Gasteiger partial charge is 0.358 e. The maximum absolute atomic E-state index is 12.8. The zero-order valence-corrected chi connectivity index (χ0v) is 18.0. The number of β-lactam (4-membered cyclic amide) rings is 1. The average molecular weight is 464 g/mol. The van der Waals surface area contributed by atoms with E-state index in [9.17, 15) is 29.1 Å². The molecule has 2 amide bonds. The molecule has 2 aliphatic rings. The van der Waals surface area contributed by atoms with Crippen molar-refractivity contribution in [2.24, 2.45) is 0 Å². The molecule has 0 aliphatic carbocycles. The van der Waals surface area contributed by atoms with Gasteiger partial charge < -0.3 is 24.6 Å². The van der Waals surface area contributed by atoms with Crippen molar-refractivity contribution in [3.05, 3.63) is 46.7 Å². The van der Waals surface area contributed by atoms with Crippen LogP contribution in [0.5, 0.6) is 0 Å². The van der Waals surface area contributed by atoms with Gasteiger partial charge in [0.25, 0.3) is 11.8 Å². The minimum absolute atomic E-state index is 0.0239. The number of rotatable bonds is 8. The van der Waals surface area contributed by atoms with Crippen molar-refractivity contribution in [1.29, 1.82) is 0 Å². The molecule has 1 fully saturated rings. The third-order valence-corrected chi connectivity index (χ3v) is 6.04. The Balaban J connectivity index is 1.77. The summed E-state index contributed by atoms with van der Waals surface area (Å²) in [6, 6.07) is 4.68.